The van der Waals surface area contributed by atoms with Crippen LogP contribution < -0.4 is 14.8 Å². The first-order valence-corrected chi connectivity index (χ1v) is 9.45. The van der Waals surface area contributed by atoms with E-state index in [9.17, 15) is 0 Å². The SMILES string of the molecule is CC(C)Oc1ccc(NCc2cccc(OCCc3ccccc3)c2)cc1. The van der Waals surface area contributed by atoms with E-state index in [4.69, 9.17) is 9.47 Å². The maximum atomic E-state index is 5.91. The van der Waals surface area contributed by atoms with Gasteiger partial charge in [-0.25, -0.2) is 0 Å². The van der Waals surface area contributed by atoms with Crippen LogP contribution in [0.1, 0.15) is 25.0 Å². The van der Waals surface area contributed by atoms with Crippen molar-refractivity contribution in [1.82, 2.24) is 0 Å². The van der Waals surface area contributed by atoms with Gasteiger partial charge in [0.1, 0.15) is 11.5 Å². The van der Waals surface area contributed by atoms with Crippen molar-refractivity contribution in [2.24, 2.45) is 0 Å². The molecule has 3 aromatic rings. The summed E-state index contributed by atoms with van der Waals surface area (Å²) < 4.78 is 11.6. The van der Waals surface area contributed by atoms with Crippen LogP contribution in [-0.2, 0) is 13.0 Å². The van der Waals surface area contributed by atoms with E-state index in [1.807, 2.05) is 56.3 Å². The third kappa shape index (κ3) is 6.37. The number of hydrogen-bond acceptors (Lipinski definition) is 3. The Bertz CT molecular complexity index is 813. The van der Waals surface area contributed by atoms with Crippen molar-refractivity contribution in [2.45, 2.75) is 32.9 Å². The van der Waals surface area contributed by atoms with Crippen LogP contribution in [0.4, 0.5) is 5.69 Å². The molecular formula is C24H27NO2. The molecule has 0 aliphatic rings. The summed E-state index contributed by atoms with van der Waals surface area (Å²) in [5.74, 6) is 1.80. The summed E-state index contributed by atoms with van der Waals surface area (Å²) in [5.41, 5.74) is 3.55. The molecule has 0 heterocycles. The highest BCUT2D eigenvalue weighted by Gasteiger charge is 2.01. The van der Waals surface area contributed by atoms with Crippen LogP contribution in [-0.4, -0.2) is 12.7 Å². The molecule has 1 N–H and O–H groups in total. The van der Waals surface area contributed by atoms with E-state index in [1.54, 1.807) is 0 Å². The maximum absolute atomic E-state index is 5.91. The molecule has 0 aliphatic carbocycles. The molecular weight excluding hydrogens is 334 g/mol. The minimum absolute atomic E-state index is 0.188. The van der Waals surface area contributed by atoms with Gasteiger partial charge < -0.3 is 14.8 Å². The number of hydrogen-bond donors (Lipinski definition) is 1. The summed E-state index contributed by atoms with van der Waals surface area (Å²) in [6, 6.07) is 26.7. The average molecular weight is 361 g/mol. The van der Waals surface area contributed by atoms with Gasteiger partial charge in [-0.15, -0.1) is 0 Å². The van der Waals surface area contributed by atoms with Crippen molar-refractivity contribution in [3.63, 3.8) is 0 Å². The first kappa shape index (κ1) is 18.8. The largest absolute Gasteiger partial charge is 0.493 e. The Balaban J connectivity index is 1.48. The van der Waals surface area contributed by atoms with Crippen LogP contribution in [0.15, 0.2) is 78.9 Å². The predicted octanol–water partition coefficient (Wildman–Crippen LogP) is 5.71. The van der Waals surface area contributed by atoms with Gasteiger partial charge in [-0.1, -0.05) is 42.5 Å². The third-order valence-electron chi connectivity index (χ3n) is 4.12. The monoisotopic (exact) mass is 361 g/mol. The van der Waals surface area contributed by atoms with Gasteiger partial charge >= 0.3 is 0 Å². The van der Waals surface area contributed by atoms with Crippen molar-refractivity contribution in [3.8, 4) is 11.5 Å². The van der Waals surface area contributed by atoms with E-state index < -0.39 is 0 Å². The van der Waals surface area contributed by atoms with Gasteiger partial charge in [-0.2, -0.15) is 0 Å². The lowest BCUT2D eigenvalue weighted by Gasteiger charge is -2.12. The first-order chi connectivity index (χ1) is 13.2. The van der Waals surface area contributed by atoms with Crippen LogP contribution in [0.25, 0.3) is 0 Å². The lowest BCUT2D eigenvalue weighted by atomic mass is 10.2. The van der Waals surface area contributed by atoms with Gasteiger partial charge in [-0.3, -0.25) is 0 Å². The Morgan fingerprint density at radius 2 is 1.52 bits per heavy atom. The molecule has 0 radical (unpaired) electrons. The maximum Gasteiger partial charge on any atom is 0.119 e. The molecule has 0 saturated carbocycles. The Hall–Kier alpha value is -2.94. The van der Waals surface area contributed by atoms with Crippen LogP contribution in [0.5, 0.6) is 11.5 Å². The van der Waals surface area contributed by atoms with Gasteiger partial charge in [0.05, 0.1) is 12.7 Å². The van der Waals surface area contributed by atoms with E-state index in [0.29, 0.717) is 6.61 Å². The molecule has 0 saturated heterocycles. The zero-order valence-corrected chi connectivity index (χ0v) is 16.0. The fourth-order valence-electron chi connectivity index (χ4n) is 2.80. The van der Waals surface area contributed by atoms with Gasteiger partial charge in [0.15, 0.2) is 0 Å². The molecule has 27 heavy (non-hydrogen) atoms. The molecule has 0 bridgehead atoms. The van der Waals surface area contributed by atoms with Crippen molar-refractivity contribution < 1.29 is 9.47 Å². The van der Waals surface area contributed by atoms with Crippen molar-refractivity contribution in [1.29, 1.82) is 0 Å². The molecule has 3 aromatic carbocycles. The van der Waals surface area contributed by atoms with Crippen molar-refractivity contribution in [2.75, 3.05) is 11.9 Å². The molecule has 0 atom stereocenters. The molecule has 0 aromatic heterocycles. The summed E-state index contributed by atoms with van der Waals surface area (Å²) in [4.78, 5) is 0. The average Bonchev–Trinajstić information content (AvgIpc) is 2.68. The van der Waals surface area contributed by atoms with Crippen molar-refractivity contribution in [3.05, 3.63) is 90.0 Å². The zero-order chi connectivity index (χ0) is 18.9. The Morgan fingerprint density at radius 3 is 2.26 bits per heavy atom. The predicted molar refractivity (Wildman–Crippen MR) is 112 cm³/mol. The summed E-state index contributed by atoms with van der Waals surface area (Å²) in [7, 11) is 0. The second-order valence-corrected chi connectivity index (χ2v) is 6.78. The third-order valence-corrected chi connectivity index (χ3v) is 4.12. The second-order valence-electron chi connectivity index (χ2n) is 6.78. The minimum Gasteiger partial charge on any atom is -0.493 e. The van der Waals surface area contributed by atoms with E-state index in [1.165, 1.54) is 11.1 Å². The Kier molecular flexibility index (Phi) is 6.75. The lowest BCUT2D eigenvalue weighted by Crippen LogP contribution is -2.05. The fraction of sp³-hybridized carbons (Fsp3) is 0.250. The highest BCUT2D eigenvalue weighted by molar-refractivity contribution is 5.47. The topological polar surface area (TPSA) is 30.5 Å². The molecule has 3 heteroatoms. The summed E-state index contributed by atoms with van der Waals surface area (Å²) in [6.07, 6.45) is 1.10. The van der Waals surface area contributed by atoms with E-state index in [0.717, 1.165) is 30.2 Å². The number of rotatable bonds is 9. The normalized spacial score (nSPS) is 10.6. The number of benzene rings is 3. The van der Waals surface area contributed by atoms with E-state index >= 15 is 0 Å². The quantitative estimate of drug-likeness (QED) is 0.530. The summed E-state index contributed by atoms with van der Waals surface area (Å²) in [5, 5.41) is 3.44. The highest BCUT2D eigenvalue weighted by atomic mass is 16.5. The number of anilines is 1. The summed E-state index contributed by atoms with van der Waals surface area (Å²) in [6.45, 7) is 5.49. The molecule has 0 unspecified atom stereocenters. The number of nitrogens with one attached hydrogen (secondary N) is 1. The smallest absolute Gasteiger partial charge is 0.119 e. The van der Waals surface area contributed by atoms with Gasteiger partial charge in [0, 0.05) is 18.7 Å². The number of ether oxygens (including phenoxy) is 2. The van der Waals surface area contributed by atoms with E-state index in [-0.39, 0.29) is 6.10 Å². The zero-order valence-electron chi connectivity index (χ0n) is 16.0. The Morgan fingerprint density at radius 1 is 0.778 bits per heavy atom. The fourth-order valence-corrected chi connectivity index (χ4v) is 2.80. The van der Waals surface area contributed by atoms with Crippen LogP contribution >= 0.6 is 0 Å². The molecule has 3 nitrogen and oxygen atoms in total. The van der Waals surface area contributed by atoms with Crippen LogP contribution in [0.2, 0.25) is 0 Å². The molecule has 140 valence electrons. The minimum atomic E-state index is 0.188. The highest BCUT2D eigenvalue weighted by Crippen LogP contribution is 2.19. The van der Waals surface area contributed by atoms with Gasteiger partial charge in [-0.05, 0) is 61.4 Å². The lowest BCUT2D eigenvalue weighted by molar-refractivity contribution is 0.242. The van der Waals surface area contributed by atoms with Crippen LogP contribution in [0.3, 0.4) is 0 Å². The molecule has 3 rings (SSSR count). The summed E-state index contributed by atoms with van der Waals surface area (Å²) >= 11 is 0. The molecule has 0 spiro atoms. The molecule has 0 fully saturated rings. The van der Waals surface area contributed by atoms with Gasteiger partial charge in [0.25, 0.3) is 0 Å². The van der Waals surface area contributed by atoms with Gasteiger partial charge in [0.2, 0.25) is 0 Å². The second kappa shape index (κ2) is 9.67. The van der Waals surface area contributed by atoms with E-state index in [2.05, 4.69) is 41.7 Å². The first-order valence-electron chi connectivity index (χ1n) is 9.45. The molecule has 0 amide bonds. The van der Waals surface area contributed by atoms with Crippen molar-refractivity contribution >= 4 is 5.69 Å². The Labute approximate surface area is 162 Å². The molecule has 0 aliphatic heterocycles. The van der Waals surface area contributed by atoms with Crippen LogP contribution in [0, 0.1) is 0 Å². The standard InChI is InChI=1S/C24H27NO2/c1-19(2)27-23-13-11-22(12-14-23)25-18-21-9-6-10-24(17-21)26-16-15-20-7-4-3-5-8-20/h3-14,17,19,25H,15-16,18H2,1-2H3.